The minimum absolute atomic E-state index is 0.0153. The van der Waals surface area contributed by atoms with Gasteiger partial charge in [0.05, 0.1) is 18.8 Å². The van der Waals surface area contributed by atoms with Crippen LogP contribution in [0.3, 0.4) is 0 Å². The molecule has 5 heteroatoms. The Morgan fingerprint density at radius 3 is 2.52 bits per heavy atom. The number of carbonyl (C=O) groups excluding carboxylic acids is 2. The molecule has 1 atom stereocenters. The van der Waals surface area contributed by atoms with Crippen LogP contribution >= 0.6 is 0 Å². The number of benzene rings is 1. The molecule has 1 N–H and O–H groups in total. The summed E-state index contributed by atoms with van der Waals surface area (Å²) in [5, 5.41) is 0. The van der Waals surface area contributed by atoms with Crippen molar-refractivity contribution in [2.24, 2.45) is 0 Å². The molecule has 0 aliphatic carbocycles. The van der Waals surface area contributed by atoms with E-state index in [0.717, 1.165) is 22.6 Å². The maximum absolute atomic E-state index is 12.9. The molecule has 0 radical (unpaired) electrons. The van der Waals surface area contributed by atoms with Gasteiger partial charge in [-0.3, -0.25) is 14.5 Å². The zero-order valence-electron chi connectivity index (χ0n) is 15.8. The van der Waals surface area contributed by atoms with Crippen LogP contribution in [-0.4, -0.2) is 41.6 Å². The number of aryl methyl sites for hydroxylation is 1. The smallest absolute Gasteiger partial charge is 0.196 e. The first-order valence-corrected chi connectivity index (χ1v) is 8.33. The van der Waals surface area contributed by atoms with E-state index < -0.39 is 0 Å². The molecule has 134 valence electrons. The fourth-order valence-electron chi connectivity index (χ4n) is 3.13. The van der Waals surface area contributed by atoms with Crippen molar-refractivity contribution in [1.29, 1.82) is 0 Å². The van der Waals surface area contributed by atoms with Crippen molar-refractivity contribution in [3.05, 3.63) is 52.3 Å². The zero-order valence-corrected chi connectivity index (χ0v) is 15.8. The Morgan fingerprint density at radius 1 is 1.28 bits per heavy atom. The molecular formula is C20H26N2O3. The lowest BCUT2D eigenvalue weighted by molar-refractivity contribution is 0.0856. The Morgan fingerprint density at radius 2 is 1.96 bits per heavy atom. The van der Waals surface area contributed by atoms with Gasteiger partial charge in [-0.05, 0) is 58.0 Å². The maximum atomic E-state index is 12.9. The van der Waals surface area contributed by atoms with Gasteiger partial charge < -0.3 is 9.72 Å². The molecule has 1 aromatic carbocycles. The molecule has 0 unspecified atom stereocenters. The van der Waals surface area contributed by atoms with Crippen LogP contribution in [-0.2, 0) is 6.54 Å². The highest BCUT2D eigenvalue weighted by Gasteiger charge is 2.25. The Balaban J connectivity index is 2.19. The van der Waals surface area contributed by atoms with E-state index in [1.54, 1.807) is 7.11 Å². The summed E-state index contributed by atoms with van der Waals surface area (Å²) in [6.45, 7) is 7.68. The van der Waals surface area contributed by atoms with E-state index in [1.165, 1.54) is 6.92 Å². The largest absolute Gasteiger partial charge is 0.497 e. The first-order valence-electron chi connectivity index (χ1n) is 8.33. The fraction of sp³-hybridized carbons (Fsp3) is 0.400. The van der Waals surface area contributed by atoms with Crippen LogP contribution in [0.4, 0.5) is 0 Å². The summed E-state index contributed by atoms with van der Waals surface area (Å²) in [5.74, 6) is 0.757. The van der Waals surface area contributed by atoms with Crippen molar-refractivity contribution in [1.82, 2.24) is 9.88 Å². The summed E-state index contributed by atoms with van der Waals surface area (Å²) >= 11 is 0. The van der Waals surface area contributed by atoms with Crippen LogP contribution in [0, 0.1) is 13.8 Å². The summed E-state index contributed by atoms with van der Waals surface area (Å²) in [7, 11) is 3.55. The number of nitrogens with zero attached hydrogens (tertiary/aromatic N) is 1. The summed E-state index contributed by atoms with van der Waals surface area (Å²) in [5.41, 5.74) is 3.69. The van der Waals surface area contributed by atoms with Crippen molar-refractivity contribution in [3.63, 3.8) is 0 Å². The Kier molecular flexibility index (Phi) is 5.80. The van der Waals surface area contributed by atoms with Crippen molar-refractivity contribution >= 4 is 11.6 Å². The molecule has 0 spiro atoms. The highest BCUT2D eigenvalue weighted by molar-refractivity contribution is 6.05. The molecule has 1 heterocycles. The van der Waals surface area contributed by atoms with Gasteiger partial charge in [0.1, 0.15) is 5.75 Å². The number of ketones is 2. The highest BCUT2D eigenvalue weighted by Crippen LogP contribution is 2.21. The van der Waals surface area contributed by atoms with E-state index in [2.05, 4.69) is 4.98 Å². The van der Waals surface area contributed by atoms with E-state index in [4.69, 9.17) is 4.74 Å². The number of H-pyrrole nitrogens is 1. The van der Waals surface area contributed by atoms with E-state index in [1.807, 2.05) is 57.0 Å². The summed E-state index contributed by atoms with van der Waals surface area (Å²) in [6, 6.07) is 7.49. The number of carbonyl (C=O) groups is 2. The van der Waals surface area contributed by atoms with Gasteiger partial charge in [0, 0.05) is 17.8 Å². The third kappa shape index (κ3) is 3.99. The third-order valence-corrected chi connectivity index (χ3v) is 4.64. The van der Waals surface area contributed by atoms with Gasteiger partial charge in [0.2, 0.25) is 0 Å². The second-order valence-corrected chi connectivity index (χ2v) is 6.49. The topological polar surface area (TPSA) is 62.4 Å². The van der Waals surface area contributed by atoms with E-state index >= 15 is 0 Å². The molecule has 2 aromatic rings. The zero-order chi connectivity index (χ0) is 18.7. The van der Waals surface area contributed by atoms with Gasteiger partial charge in [-0.2, -0.15) is 0 Å². The van der Waals surface area contributed by atoms with Crippen molar-refractivity contribution in [3.8, 4) is 5.75 Å². The minimum Gasteiger partial charge on any atom is -0.497 e. The average Bonchev–Trinajstić information content (AvgIpc) is 2.88. The molecule has 0 saturated carbocycles. The number of hydrogen-bond donors (Lipinski definition) is 1. The highest BCUT2D eigenvalue weighted by atomic mass is 16.5. The lowest BCUT2D eigenvalue weighted by Crippen LogP contribution is -2.36. The molecule has 2 rings (SSSR count). The van der Waals surface area contributed by atoms with Gasteiger partial charge >= 0.3 is 0 Å². The summed E-state index contributed by atoms with van der Waals surface area (Å²) in [4.78, 5) is 29.8. The van der Waals surface area contributed by atoms with E-state index in [0.29, 0.717) is 17.8 Å². The van der Waals surface area contributed by atoms with Crippen molar-refractivity contribution < 1.29 is 14.3 Å². The summed E-state index contributed by atoms with van der Waals surface area (Å²) in [6.07, 6.45) is 0. The molecule has 0 aliphatic rings. The predicted molar refractivity (Wildman–Crippen MR) is 98.5 cm³/mol. The minimum atomic E-state index is -0.317. The Hall–Kier alpha value is -2.40. The van der Waals surface area contributed by atoms with Crippen LogP contribution in [0.5, 0.6) is 5.75 Å². The van der Waals surface area contributed by atoms with Gasteiger partial charge in [0.25, 0.3) is 0 Å². The fourth-order valence-corrected chi connectivity index (χ4v) is 3.13. The van der Waals surface area contributed by atoms with E-state index in [9.17, 15) is 9.59 Å². The molecule has 1 aromatic heterocycles. The van der Waals surface area contributed by atoms with Crippen LogP contribution in [0.2, 0.25) is 0 Å². The number of nitrogens with one attached hydrogen (secondary N) is 1. The molecule has 0 fully saturated rings. The lowest BCUT2D eigenvalue weighted by atomic mass is 10.0. The second kappa shape index (κ2) is 7.66. The van der Waals surface area contributed by atoms with Crippen LogP contribution < -0.4 is 4.74 Å². The van der Waals surface area contributed by atoms with Gasteiger partial charge in [-0.25, -0.2) is 0 Å². The third-order valence-electron chi connectivity index (χ3n) is 4.64. The molecule has 0 aliphatic heterocycles. The molecule has 0 bridgehead atoms. The molecule has 0 amide bonds. The van der Waals surface area contributed by atoms with Crippen molar-refractivity contribution in [2.45, 2.75) is 40.3 Å². The van der Waals surface area contributed by atoms with Crippen LogP contribution in [0.15, 0.2) is 24.3 Å². The number of likely N-dealkylation sites (N-methyl/N-ethyl adjacent to an activating group) is 1. The number of methoxy groups -OCH3 is 1. The average molecular weight is 342 g/mol. The molecule has 25 heavy (non-hydrogen) atoms. The molecule has 0 saturated heterocycles. The standard InChI is InChI=1S/C20H26N2O3/c1-12-18(15(4)23)13(2)21-19(12)20(24)14(3)22(5)11-16-8-7-9-17(10-16)25-6/h7-10,14,21H,11H2,1-6H3/t14-/m0/s1. The molecule has 5 nitrogen and oxygen atoms in total. The number of ether oxygens (including phenoxy) is 1. The van der Waals surface area contributed by atoms with Crippen LogP contribution in [0.1, 0.15) is 51.5 Å². The number of aromatic amines is 1. The van der Waals surface area contributed by atoms with Crippen LogP contribution in [0.25, 0.3) is 0 Å². The Bertz CT molecular complexity index is 792. The quantitative estimate of drug-likeness (QED) is 0.782. The number of rotatable bonds is 7. The summed E-state index contributed by atoms with van der Waals surface area (Å²) < 4.78 is 5.25. The first-order chi connectivity index (χ1) is 11.8. The number of aromatic nitrogens is 1. The Labute approximate surface area is 149 Å². The normalized spacial score (nSPS) is 12.3. The van der Waals surface area contributed by atoms with Crippen molar-refractivity contribution in [2.75, 3.05) is 14.2 Å². The SMILES string of the molecule is COc1cccc(CN(C)[C@@H](C)C(=O)c2[nH]c(C)c(C(C)=O)c2C)c1. The maximum Gasteiger partial charge on any atom is 0.196 e. The van der Waals surface area contributed by atoms with E-state index in [-0.39, 0.29) is 17.6 Å². The van der Waals surface area contributed by atoms with Gasteiger partial charge in [-0.15, -0.1) is 0 Å². The first kappa shape index (κ1) is 18.9. The second-order valence-electron chi connectivity index (χ2n) is 6.49. The van der Waals surface area contributed by atoms with Gasteiger partial charge in [-0.1, -0.05) is 12.1 Å². The number of hydrogen-bond acceptors (Lipinski definition) is 4. The number of Topliss-reactive ketones (excluding diaryl/α,β-unsaturated/α-hetero) is 2. The lowest BCUT2D eigenvalue weighted by Gasteiger charge is -2.23. The predicted octanol–water partition coefficient (Wildman–Crippen LogP) is 3.55. The molecular weight excluding hydrogens is 316 g/mol. The monoisotopic (exact) mass is 342 g/mol. The van der Waals surface area contributed by atoms with Gasteiger partial charge in [0.15, 0.2) is 11.6 Å².